The van der Waals surface area contributed by atoms with Crippen molar-refractivity contribution in [3.8, 4) is 0 Å². The molecule has 0 aliphatic carbocycles. The normalized spacial score (nSPS) is 10.9. The van der Waals surface area contributed by atoms with Crippen molar-refractivity contribution in [3.05, 3.63) is 32.8 Å². The second kappa shape index (κ2) is 2.98. The minimum Gasteiger partial charge on any atom is -0.206 e. The largest absolute Gasteiger partial charge is 0.206 e. The van der Waals surface area contributed by atoms with Crippen molar-refractivity contribution in [2.75, 3.05) is 0 Å². The summed E-state index contributed by atoms with van der Waals surface area (Å²) in [4.78, 5) is 0. The van der Waals surface area contributed by atoms with Crippen molar-refractivity contribution >= 4 is 49.0 Å². The van der Waals surface area contributed by atoms with E-state index in [0.29, 0.717) is 10.4 Å². The van der Waals surface area contributed by atoms with Crippen LogP contribution in [0.25, 0.3) is 10.1 Å². The predicted octanol–water partition coefficient (Wildman–Crippen LogP) is 4.46. The van der Waals surface area contributed by atoms with Gasteiger partial charge in [0, 0.05) is 5.39 Å². The van der Waals surface area contributed by atoms with Crippen LogP contribution in [-0.2, 0) is 0 Å². The Bertz CT molecular complexity index is 399. The van der Waals surface area contributed by atoms with Crippen LogP contribution in [0.3, 0.4) is 0 Å². The molecule has 4 heteroatoms. The van der Waals surface area contributed by atoms with Crippen molar-refractivity contribution in [1.29, 1.82) is 0 Å². The fourth-order valence-corrected chi connectivity index (χ4v) is 2.83. The third-order valence-electron chi connectivity index (χ3n) is 1.55. The third kappa shape index (κ3) is 1.26. The Morgan fingerprint density at radius 3 is 2.83 bits per heavy atom. The van der Waals surface area contributed by atoms with E-state index in [1.807, 2.05) is 0 Å². The van der Waals surface area contributed by atoms with E-state index >= 15 is 0 Å². The lowest BCUT2D eigenvalue weighted by Crippen LogP contribution is -1.73. The van der Waals surface area contributed by atoms with Gasteiger partial charge in [-0.25, -0.2) is 4.39 Å². The highest BCUT2D eigenvalue weighted by atomic mass is 79.9. The van der Waals surface area contributed by atoms with Crippen LogP contribution in [0, 0.1) is 5.82 Å². The molecule has 12 heavy (non-hydrogen) atoms. The van der Waals surface area contributed by atoms with Gasteiger partial charge < -0.3 is 0 Å². The van der Waals surface area contributed by atoms with Gasteiger partial charge in [0.2, 0.25) is 0 Å². The van der Waals surface area contributed by atoms with Gasteiger partial charge in [-0.2, -0.15) is 0 Å². The molecule has 62 valence electrons. The maximum Gasteiger partial charge on any atom is 0.132 e. The fraction of sp³-hybridized carbons (Fsp3) is 0. The summed E-state index contributed by atoms with van der Waals surface area (Å²) in [6.07, 6.45) is 0. The molecule has 0 spiro atoms. The summed E-state index contributed by atoms with van der Waals surface area (Å²) in [6, 6.07) is 4.69. The van der Waals surface area contributed by atoms with Crippen LogP contribution in [0.2, 0.25) is 5.02 Å². The first-order valence-electron chi connectivity index (χ1n) is 3.21. The van der Waals surface area contributed by atoms with Crippen molar-refractivity contribution in [2.45, 2.75) is 0 Å². The molecule has 0 atom stereocenters. The number of halogens is 3. The molecule has 0 radical (unpaired) electrons. The average molecular weight is 266 g/mol. The molecule has 0 nitrogen and oxygen atoms in total. The van der Waals surface area contributed by atoms with E-state index < -0.39 is 0 Å². The first kappa shape index (κ1) is 8.48. The Balaban J connectivity index is 2.93. The van der Waals surface area contributed by atoms with Crippen LogP contribution >= 0.6 is 38.9 Å². The maximum absolute atomic E-state index is 13.1. The van der Waals surface area contributed by atoms with E-state index in [-0.39, 0.29) is 5.82 Å². The molecule has 1 aromatic heterocycles. The number of fused-ring (bicyclic) bond motifs is 1. The van der Waals surface area contributed by atoms with E-state index in [1.165, 1.54) is 17.4 Å². The van der Waals surface area contributed by atoms with Crippen LogP contribution in [0.4, 0.5) is 4.39 Å². The molecule has 0 N–H and O–H groups in total. The van der Waals surface area contributed by atoms with E-state index in [4.69, 9.17) is 11.6 Å². The second-order valence-electron chi connectivity index (χ2n) is 2.32. The molecule has 0 aliphatic rings. The smallest absolute Gasteiger partial charge is 0.132 e. The molecule has 0 fully saturated rings. The lowest BCUT2D eigenvalue weighted by molar-refractivity contribution is 0.640. The van der Waals surface area contributed by atoms with Crippen LogP contribution in [0.1, 0.15) is 0 Å². The zero-order chi connectivity index (χ0) is 8.72. The summed E-state index contributed by atoms with van der Waals surface area (Å²) in [5.41, 5.74) is 0. The molecule has 1 heterocycles. The molecule has 0 unspecified atom stereocenters. The van der Waals surface area contributed by atoms with E-state index in [0.717, 1.165) is 8.49 Å². The van der Waals surface area contributed by atoms with Gasteiger partial charge in [0.15, 0.2) is 0 Å². The molecular weight excluding hydrogens is 263 g/mol. The highest BCUT2D eigenvalue weighted by Crippen LogP contribution is 2.35. The fourth-order valence-electron chi connectivity index (χ4n) is 1.03. The van der Waals surface area contributed by atoms with Gasteiger partial charge in [-0.3, -0.25) is 0 Å². The summed E-state index contributed by atoms with van der Waals surface area (Å²) in [7, 11) is 0. The topological polar surface area (TPSA) is 0 Å². The molecule has 0 saturated heterocycles. The van der Waals surface area contributed by atoms with Crippen molar-refractivity contribution in [3.63, 3.8) is 0 Å². The van der Waals surface area contributed by atoms with Gasteiger partial charge in [-0.15, -0.1) is 11.3 Å². The minimum absolute atomic E-state index is 0.226. The molecule has 2 aromatic rings. The minimum atomic E-state index is -0.226. The lowest BCUT2D eigenvalue weighted by Gasteiger charge is -1.93. The summed E-state index contributed by atoms with van der Waals surface area (Å²) in [6.45, 7) is 0. The Morgan fingerprint density at radius 1 is 1.42 bits per heavy atom. The maximum atomic E-state index is 13.1. The van der Waals surface area contributed by atoms with Crippen LogP contribution in [0.15, 0.2) is 22.0 Å². The van der Waals surface area contributed by atoms with E-state index in [1.54, 1.807) is 12.1 Å². The molecule has 0 bridgehead atoms. The van der Waals surface area contributed by atoms with Gasteiger partial charge in [0.05, 0.1) is 13.5 Å². The number of hydrogen-bond donors (Lipinski definition) is 0. The second-order valence-corrected chi connectivity index (χ2v) is 5.16. The Labute approximate surface area is 86.1 Å². The average Bonchev–Trinajstić information content (AvgIpc) is 2.41. The highest BCUT2D eigenvalue weighted by molar-refractivity contribution is 9.11. The Hall–Kier alpha value is -0.120. The van der Waals surface area contributed by atoms with E-state index in [9.17, 15) is 4.39 Å². The van der Waals surface area contributed by atoms with Crippen molar-refractivity contribution < 1.29 is 4.39 Å². The standard InChI is InChI=1S/C8H3BrClFS/c9-7-3-4-6(11)2-1-5(10)8(4)12-7/h1-3H. The number of thiophene rings is 1. The number of benzene rings is 1. The van der Waals surface area contributed by atoms with Crippen LogP contribution < -0.4 is 0 Å². The SMILES string of the molecule is Fc1ccc(Cl)c2sc(Br)cc12. The van der Waals surface area contributed by atoms with Gasteiger partial charge in [-0.1, -0.05) is 11.6 Å². The highest BCUT2D eigenvalue weighted by Gasteiger charge is 2.07. The first-order chi connectivity index (χ1) is 5.68. The summed E-state index contributed by atoms with van der Waals surface area (Å²) >= 11 is 10.6. The molecule has 0 aliphatic heterocycles. The monoisotopic (exact) mass is 264 g/mol. The molecular formula is C8H3BrClFS. The summed E-state index contributed by atoms with van der Waals surface area (Å²) < 4.78 is 14.8. The zero-order valence-corrected chi connectivity index (χ0v) is 8.93. The summed E-state index contributed by atoms with van der Waals surface area (Å²) in [5, 5.41) is 1.18. The van der Waals surface area contributed by atoms with Gasteiger partial charge >= 0.3 is 0 Å². The summed E-state index contributed by atoms with van der Waals surface area (Å²) in [5.74, 6) is -0.226. The van der Waals surface area contributed by atoms with Crippen molar-refractivity contribution in [2.24, 2.45) is 0 Å². The molecule has 0 amide bonds. The Morgan fingerprint density at radius 2 is 2.17 bits per heavy atom. The predicted molar refractivity (Wildman–Crippen MR) is 54.5 cm³/mol. The first-order valence-corrected chi connectivity index (χ1v) is 5.20. The van der Waals surface area contributed by atoms with Crippen LogP contribution in [-0.4, -0.2) is 0 Å². The van der Waals surface area contributed by atoms with Crippen LogP contribution in [0.5, 0.6) is 0 Å². The van der Waals surface area contributed by atoms with Gasteiger partial charge in [0.25, 0.3) is 0 Å². The van der Waals surface area contributed by atoms with E-state index in [2.05, 4.69) is 15.9 Å². The molecule has 1 aromatic carbocycles. The molecule has 2 rings (SSSR count). The third-order valence-corrected chi connectivity index (χ3v) is 3.65. The number of rotatable bonds is 0. The Kier molecular flexibility index (Phi) is 2.10. The van der Waals surface area contributed by atoms with Crippen molar-refractivity contribution in [1.82, 2.24) is 0 Å². The van der Waals surface area contributed by atoms with Gasteiger partial charge in [-0.05, 0) is 34.1 Å². The molecule has 0 saturated carbocycles. The zero-order valence-electron chi connectivity index (χ0n) is 5.77. The lowest BCUT2D eigenvalue weighted by atomic mass is 10.2. The number of hydrogen-bond acceptors (Lipinski definition) is 1. The quantitative estimate of drug-likeness (QED) is 0.660. The van der Waals surface area contributed by atoms with Gasteiger partial charge in [0.1, 0.15) is 5.82 Å².